The molecule has 0 atom stereocenters. The van der Waals surface area contributed by atoms with E-state index in [4.69, 9.17) is 11.6 Å². The third kappa shape index (κ3) is 5.05. The quantitative estimate of drug-likeness (QED) is 0.756. The molecule has 0 saturated heterocycles. The summed E-state index contributed by atoms with van der Waals surface area (Å²) >= 11 is 8.57. The first-order valence-electron chi connectivity index (χ1n) is 6.53. The molecule has 0 amide bonds. The summed E-state index contributed by atoms with van der Waals surface area (Å²) in [5, 5.41) is 5.05. The molecule has 0 aliphatic heterocycles. The number of nitrogens with one attached hydrogen (secondary N) is 2. The Bertz CT molecular complexity index is 679. The molecule has 0 aromatic carbocycles. The Labute approximate surface area is 138 Å². The first-order chi connectivity index (χ1) is 10.0. The highest BCUT2D eigenvalue weighted by Crippen LogP contribution is 2.22. The number of halogens is 1. The summed E-state index contributed by atoms with van der Waals surface area (Å²) in [6.45, 7) is 3.94. The molecule has 2 rings (SSSR count). The predicted molar refractivity (Wildman–Crippen MR) is 89.9 cm³/mol. The van der Waals surface area contributed by atoms with E-state index in [9.17, 15) is 8.42 Å². The summed E-state index contributed by atoms with van der Waals surface area (Å²) in [5.41, 5.74) is 0.993. The van der Waals surface area contributed by atoms with Crippen LogP contribution in [0.3, 0.4) is 0 Å². The Morgan fingerprint density at radius 1 is 1.33 bits per heavy atom. The molecule has 0 fully saturated rings. The van der Waals surface area contributed by atoms with Crippen LogP contribution in [-0.4, -0.2) is 21.5 Å². The van der Waals surface area contributed by atoms with E-state index in [1.54, 1.807) is 6.07 Å². The minimum absolute atomic E-state index is 0.361. The summed E-state index contributed by atoms with van der Waals surface area (Å²) in [6.07, 6.45) is 0.645. The smallest absolute Gasteiger partial charge is 0.250 e. The Morgan fingerprint density at radius 2 is 2.14 bits per heavy atom. The number of thiophene rings is 2. The van der Waals surface area contributed by atoms with Crippen LogP contribution in [0.15, 0.2) is 27.8 Å². The largest absolute Gasteiger partial charge is 0.313 e. The van der Waals surface area contributed by atoms with Crippen LogP contribution >= 0.6 is 34.3 Å². The van der Waals surface area contributed by atoms with E-state index in [0.717, 1.165) is 21.3 Å². The average molecular weight is 365 g/mol. The van der Waals surface area contributed by atoms with Crippen LogP contribution < -0.4 is 10.0 Å². The van der Waals surface area contributed by atoms with Gasteiger partial charge in [0.05, 0.1) is 4.34 Å². The lowest BCUT2D eigenvalue weighted by atomic mass is 10.3. The van der Waals surface area contributed by atoms with Gasteiger partial charge in [0.2, 0.25) is 10.0 Å². The van der Waals surface area contributed by atoms with Crippen LogP contribution in [-0.2, 0) is 23.0 Å². The van der Waals surface area contributed by atoms with Gasteiger partial charge >= 0.3 is 0 Å². The Hall–Kier alpha value is -0.440. The Kier molecular flexibility index (Phi) is 6.21. The maximum absolute atomic E-state index is 12.2. The molecule has 0 aliphatic rings. The van der Waals surface area contributed by atoms with Gasteiger partial charge < -0.3 is 5.32 Å². The molecule has 116 valence electrons. The number of rotatable bonds is 8. The summed E-state index contributed by atoms with van der Waals surface area (Å²) in [5.74, 6) is 0. The standard InChI is InChI=1S/C13H17ClN2O2S3/c1-2-15-8-10-7-13(19-9-10)21(17,18)16-6-5-11-3-4-12(14)20-11/h3-4,7,9,15-16H,2,5-6,8H2,1H3. The van der Waals surface area contributed by atoms with E-state index in [2.05, 4.69) is 10.0 Å². The monoisotopic (exact) mass is 364 g/mol. The molecular formula is C13H17ClN2O2S3. The molecule has 4 nitrogen and oxygen atoms in total. The molecule has 0 spiro atoms. The van der Waals surface area contributed by atoms with Crippen molar-refractivity contribution in [2.75, 3.05) is 13.1 Å². The van der Waals surface area contributed by atoms with Crippen LogP contribution in [0.25, 0.3) is 0 Å². The zero-order valence-corrected chi connectivity index (χ0v) is 14.8. The van der Waals surface area contributed by atoms with E-state index in [1.165, 1.54) is 22.7 Å². The summed E-state index contributed by atoms with van der Waals surface area (Å²) in [6, 6.07) is 5.46. The van der Waals surface area contributed by atoms with Crippen LogP contribution in [0.2, 0.25) is 4.34 Å². The zero-order chi connectivity index (χ0) is 15.3. The second-order valence-electron chi connectivity index (χ2n) is 4.41. The van der Waals surface area contributed by atoms with Crippen molar-refractivity contribution in [1.82, 2.24) is 10.0 Å². The molecule has 2 N–H and O–H groups in total. The number of hydrogen-bond donors (Lipinski definition) is 2. The fourth-order valence-electron chi connectivity index (χ4n) is 1.72. The molecule has 2 aromatic rings. The Morgan fingerprint density at radius 3 is 2.81 bits per heavy atom. The molecule has 2 heterocycles. The maximum Gasteiger partial charge on any atom is 0.250 e. The van der Waals surface area contributed by atoms with Crippen molar-refractivity contribution in [3.63, 3.8) is 0 Å². The van der Waals surface area contributed by atoms with Gasteiger partial charge in [-0.2, -0.15) is 0 Å². The van der Waals surface area contributed by atoms with Gasteiger partial charge in [-0.15, -0.1) is 22.7 Å². The van der Waals surface area contributed by atoms with Crippen LogP contribution in [0.4, 0.5) is 0 Å². The minimum atomic E-state index is -3.42. The van der Waals surface area contributed by atoms with Gasteiger partial charge in [-0.05, 0) is 42.1 Å². The maximum atomic E-state index is 12.2. The second-order valence-corrected chi connectivity index (χ2v) is 9.11. The van der Waals surface area contributed by atoms with E-state index in [1.807, 2.05) is 24.4 Å². The molecule has 0 bridgehead atoms. The van der Waals surface area contributed by atoms with E-state index >= 15 is 0 Å². The molecule has 21 heavy (non-hydrogen) atoms. The first kappa shape index (κ1) is 16.9. The van der Waals surface area contributed by atoms with Crippen LogP contribution in [0.5, 0.6) is 0 Å². The molecule has 8 heteroatoms. The zero-order valence-electron chi connectivity index (χ0n) is 11.6. The van der Waals surface area contributed by atoms with Crippen LogP contribution in [0.1, 0.15) is 17.4 Å². The van der Waals surface area contributed by atoms with Crippen LogP contribution in [0, 0.1) is 0 Å². The summed E-state index contributed by atoms with van der Waals surface area (Å²) in [4.78, 5) is 1.07. The first-order valence-corrected chi connectivity index (χ1v) is 10.1. The van der Waals surface area contributed by atoms with Crippen molar-refractivity contribution in [1.29, 1.82) is 0 Å². The van der Waals surface area contributed by atoms with Gasteiger partial charge in [0, 0.05) is 18.0 Å². The van der Waals surface area contributed by atoms with Crippen molar-refractivity contribution < 1.29 is 8.42 Å². The van der Waals surface area contributed by atoms with Gasteiger partial charge in [-0.1, -0.05) is 18.5 Å². The third-order valence-electron chi connectivity index (χ3n) is 2.77. The van der Waals surface area contributed by atoms with Gasteiger partial charge in [-0.25, -0.2) is 13.1 Å². The topological polar surface area (TPSA) is 58.2 Å². The fourth-order valence-corrected chi connectivity index (χ4v) is 5.09. The third-order valence-corrected chi connectivity index (χ3v) is 7.01. The minimum Gasteiger partial charge on any atom is -0.313 e. The number of sulfonamides is 1. The average Bonchev–Trinajstić information content (AvgIpc) is 3.06. The van der Waals surface area contributed by atoms with Gasteiger partial charge in [0.15, 0.2) is 0 Å². The van der Waals surface area contributed by atoms with E-state index < -0.39 is 10.0 Å². The van der Waals surface area contributed by atoms with Crippen molar-refractivity contribution >= 4 is 44.3 Å². The highest BCUT2D eigenvalue weighted by atomic mass is 35.5. The lowest BCUT2D eigenvalue weighted by molar-refractivity contribution is 0.584. The number of hydrogen-bond acceptors (Lipinski definition) is 5. The van der Waals surface area contributed by atoms with E-state index in [-0.39, 0.29) is 0 Å². The van der Waals surface area contributed by atoms with Crippen molar-refractivity contribution in [2.45, 2.75) is 24.1 Å². The highest BCUT2D eigenvalue weighted by Gasteiger charge is 2.16. The Balaban J connectivity index is 1.90. The summed E-state index contributed by atoms with van der Waals surface area (Å²) in [7, 11) is -3.42. The lowest BCUT2D eigenvalue weighted by Crippen LogP contribution is -2.25. The van der Waals surface area contributed by atoms with Crippen molar-refractivity contribution in [3.8, 4) is 0 Å². The predicted octanol–water partition coefficient (Wildman–Crippen LogP) is 3.09. The molecule has 0 radical (unpaired) electrons. The molecule has 0 saturated carbocycles. The van der Waals surface area contributed by atoms with Gasteiger partial charge in [0.25, 0.3) is 0 Å². The van der Waals surface area contributed by atoms with Crippen molar-refractivity contribution in [3.05, 3.63) is 38.4 Å². The second kappa shape index (κ2) is 7.71. The molecular weight excluding hydrogens is 348 g/mol. The molecule has 0 unspecified atom stereocenters. The fraction of sp³-hybridized carbons (Fsp3) is 0.385. The highest BCUT2D eigenvalue weighted by molar-refractivity contribution is 7.91. The van der Waals surface area contributed by atoms with Crippen molar-refractivity contribution in [2.24, 2.45) is 0 Å². The van der Waals surface area contributed by atoms with Gasteiger partial charge in [-0.3, -0.25) is 0 Å². The van der Waals surface area contributed by atoms with E-state index in [0.29, 0.717) is 23.7 Å². The van der Waals surface area contributed by atoms with Gasteiger partial charge in [0.1, 0.15) is 4.21 Å². The summed E-state index contributed by atoms with van der Waals surface area (Å²) < 4.78 is 28.1. The SMILES string of the molecule is CCNCc1csc(S(=O)(=O)NCCc2ccc(Cl)s2)c1. The normalized spacial score (nSPS) is 11.9. The lowest BCUT2D eigenvalue weighted by Gasteiger charge is -2.03. The molecule has 2 aromatic heterocycles. The molecule has 0 aliphatic carbocycles.